The van der Waals surface area contributed by atoms with Gasteiger partial charge in [-0.3, -0.25) is 0 Å². The van der Waals surface area contributed by atoms with Crippen LogP contribution < -0.4 is 0 Å². The molecule has 1 rings (SSSR count). The standard InChI is InChI=1S/C8H17NO/c1-8(10)5-3-4-6-9(2)7-8/h10H,3-7H2,1-2H3/t8-/m0/s1. The normalized spacial score (nSPS) is 37.5. The smallest absolute Gasteiger partial charge is 0.0746 e. The molecular formula is C8H17NO. The third kappa shape index (κ3) is 2.27. The zero-order chi connectivity index (χ0) is 7.61. The van der Waals surface area contributed by atoms with Crippen LogP contribution in [-0.2, 0) is 0 Å². The van der Waals surface area contributed by atoms with Crippen molar-refractivity contribution >= 4 is 0 Å². The molecule has 0 aromatic rings. The van der Waals surface area contributed by atoms with E-state index in [1.54, 1.807) is 0 Å². The van der Waals surface area contributed by atoms with E-state index in [9.17, 15) is 5.11 Å². The number of hydrogen-bond donors (Lipinski definition) is 1. The van der Waals surface area contributed by atoms with Crippen molar-refractivity contribution in [3.8, 4) is 0 Å². The van der Waals surface area contributed by atoms with E-state index in [1.165, 1.54) is 6.42 Å². The second-order valence-electron chi connectivity index (χ2n) is 3.69. The van der Waals surface area contributed by atoms with E-state index in [2.05, 4.69) is 11.9 Å². The van der Waals surface area contributed by atoms with Crippen molar-refractivity contribution in [3.63, 3.8) is 0 Å². The first-order chi connectivity index (χ1) is 4.60. The Hall–Kier alpha value is -0.0800. The number of rotatable bonds is 0. The van der Waals surface area contributed by atoms with E-state index in [0.29, 0.717) is 0 Å². The van der Waals surface area contributed by atoms with Gasteiger partial charge in [0.15, 0.2) is 0 Å². The van der Waals surface area contributed by atoms with Crippen LogP contribution in [0.5, 0.6) is 0 Å². The maximum absolute atomic E-state index is 9.68. The van der Waals surface area contributed by atoms with Gasteiger partial charge in [0.1, 0.15) is 0 Å². The lowest BCUT2D eigenvalue weighted by atomic mass is 10.0. The highest BCUT2D eigenvalue weighted by atomic mass is 16.3. The van der Waals surface area contributed by atoms with Crippen LogP contribution in [0.1, 0.15) is 26.2 Å². The Kier molecular flexibility index (Phi) is 2.32. The molecule has 0 radical (unpaired) electrons. The minimum absolute atomic E-state index is 0.439. The van der Waals surface area contributed by atoms with Crippen molar-refractivity contribution in [2.45, 2.75) is 31.8 Å². The van der Waals surface area contributed by atoms with Gasteiger partial charge in [-0.15, -0.1) is 0 Å². The predicted octanol–water partition coefficient (Wildman–Crippen LogP) is 0.853. The van der Waals surface area contributed by atoms with Gasteiger partial charge in [0, 0.05) is 6.54 Å². The van der Waals surface area contributed by atoms with Crippen LogP contribution in [0, 0.1) is 0 Å². The largest absolute Gasteiger partial charge is 0.389 e. The molecule has 1 fully saturated rings. The first-order valence-electron chi connectivity index (χ1n) is 4.01. The van der Waals surface area contributed by atoms with Crippen LogP contribution in [0.3, 0.4) is 0 Å². The lowest BCUT2D eigenvalue weighted by molar-refractivity contribution is 0.0301. The van der Waals surface area contributed by atoms with Gasteiger partial charge in [0.25, 0.3) is 0 Å². The van der Waals surface area contributed by atoms with Gasteiger partial charge < -0.3 is 10.0 Å². The zero-order valence-electron chi connectivity index (χ0n) is 6.93. The summed E-state index contributed by atoms with van der Waals surface area (Å²) < 4.78 is 0. The Morgan fingerprint density at radius 3 is 2.80 bits per heavy atom. The van der Waals surface area contributed by atoms with E-state index in [1.807, 2.05) is 6.92 Å². The van der Waals surface area contributed by atoms with Gasteiger partial charge in [-0.2, -0.15) is 0 Å². The molecule has 0 aromatic carbocycles. The number of β-amino-alcohol motifs (C(OH)–C–C–N with tert-alkyl or cyclic N) is 1. The van der Waals surface area contributed by atoms with Crippen molar-refractivity contribution in [1.29, 1.82) is 0 Å². The summed E-state index contributed by atoms with van der Waals surface area (Å²) in [6.07, 6.45) is 3.35. The van der Waals surface area contributed by atoms with Crippen LogP contribution >= 0.6 is 0 Å². The summed E-state index contributed by atoms with van der Waals surface area (Å²) in [7, 11) is 2.07. The topological polar surface area (TPSA) is 23.5 Å². The number of nitrogens with zero attached hydrogens (tertiary/aromatic N) is 1. The fourth-order valence-corrected chi connectivity index (χ4v) is 1.63. The molecule has 1 atom stereocenters. The second kappa shape index (κ2) is 2.89. The summed E-state index contributed by atoms with van der Waals surface area (Å²) in [5.74, 6) is 0. The predicted molar refractivity (Wildman–Crippen MR) is 42.0 cm³/mol. The lowest BCUT2D eigenvalue weighted by Gasteiger charge is -2.24. The second-order valence-corrected chi connectivity index (χ2v) is 3.69. The minimum atomic E-state index is -0.439. The van der Waals surface area contributed by atoms with E-state index in [4.69, 9.17) is 0 Å². The molecule has 0 aliphatic carbocycles. The highest BCUT2D eigenvalue weighted by Gasteiger charge is 2.24. The Morgan fingerprint density at radius 1 is 1.40 bits per heavy atom. The zero-order valence-corrected chi connectivity index (χ0v) is 6.93. The molecule has 60 valence electrons. The molecule has 0 amide bonds. The van der Waals surface area contributed by atoms with Crippen molar-refractivity contribution in [3.05, 3.63) is 0 Å². The molecule has 1 aliphatic heterocycles. The maximum atomic E-state index is 9.68. The molecule has 0 unspecified atom stereocenters. The number of aliphatic hydroxyl groups is 1. The fraction of sp³-hybridized carbons (Fsp3) is 1.00. The summed E-state index contributed by atoms with van der Waals surface area (Å²) >= 11 is 0. The Balaban J connectivity index is 2.46. The molecule has 1 saturated heterocycles. The third-order valence-corrected chi connectivity index (χ3v) is 2.12. The molecule has 0 saturated carbocycles. The molecular weight excluding hydrogens is 126 g/mol. The molecule has 10 heavy (non-hydrogen) atoms. The molecule has 1 aliphatic rings. The molecule has 0 aromatic heterocycles. The minimum Gasteiger partial charge on any atom is -0.389 e. The SMILES string of the molecule is CN1CCCC[C@](C)(O)C1. The van der Waals surface area contributed by atoms with E-state index in [-0.39, 0.29) is 0 Å². The van der Waals surface area contributed by atoms with Crippen LogP contribution in [0.15, 0.2) is 0 Å². The average molecular weight is 143 g/mol. The first-order valence-corrected chi connectivity index (χ1v) is 4.01. The quantitative estimate of drug-likeness (QED) is 0.543. The molecule has 2 nitrogen and oxygen atoms in total. The maximum Gasteiger partial charge on any atom is 0.0746 e. The lowest BCUT2D eigenvalue weighted by Crippen LogP contribution is -2.36. The van der Waals surface area contributed by atoms with Gasteiger partial charge in [-0.25, -0.2) is 0 Å². The summed E-state index contributed by atoms with van der Waals surface area (Å²) in [6, 6.07) is 0. The van der Waals surface area contributed by atoms with Crippen molar-refractivity contribution < 1.29 is 5.11 Å². The number of likely N-dealkylation sites (N-methyl/N-ethyl adjacent to an activating group) is 1. The molecule has 1 N–H and O–H groups in total. The van der Waals surface area contributed by atoms with Crippen LogP contribution in [-0.4, -0.2) is 35.7 Å². The Labute approximate surface area is 62.8 Å². The van der Waals surface area contributed by atoms with Crippen molar-refractivity contribution in [1.82, 2.24) is 4.90 Å². The van der Waals surface area contributed by atoms with Gasteiger partial charge in [0.2, 0.25) is 0 Å². The van der Waals surface area contributed by atoms with Gasteiger partial charge in [-0.05, 0) is 39.8 Å². The molecule has 2 heteroatoms. The van der Waals surface area contributed by atoms with Crippen LogP contribution in [0.4, 0.5) is 0 Å². The van der Waals surface area contributed by atoms with Crippen LogP contribution in [0.25, 0.3) is 0 Å². The fourth-order valence-electron chi connectivity index (χ4n) is 1.63. The highest BCUT2D eigenvalue weighted by Crippen LogP contribution is 2.18. The summed E-state index contributed by atoms with van der Waals surface area (Å²) in [6.45, 7) is 3.89. The Bertz CT molecular complexity index is 112. The molecule has 0 spiro atoms. The number of likely N-dealkylation sites (tertiary alicyclic amines) is 1. The highest BCUT2D eigenvalue weighted by molar-refractivity contribution is 4.79. The summed E-state index contributed by atoms with van der Waals surface area (Å²) in [5.41, 5.74) is -0.439. The average Bonchev–Trinajstić information content (AvgIpc) is 1.90. The Morgan fingerprint density at radius 2 is 2.10 bits per heavy atom. The first kappa shape index (κ1) is 8.02. The molecule has 0 bridgehead atoms. The van der Waals surface area contributed by atoms with Gasteiger partial charge in [-0.1, -0.05) is 0 Å². The van der Waals surface area contributed by atoms with E-state index in [0.717, 1.165) is 25.9 Å². The molecule has 1 heterocycles. The van der Waals surface area contributed by atoms with E-state index >= 15 is 0 Å². The van der Waals surface area contributed by atoms with Gasteiger partial charge in [0.05, 0.1) is 5.60 Å². The van der Waals surface area contributed by atoms with Crippen molar-refractivity contribution in [2.24, 2.45) is 0 Å². The summed E-state index contributed by atoms with van der Waals surface area (Å²) in [4.78, 5) is 2.20. The summed E-state index contributed by atoms with van der Waals surface area (Å²) in [5, 5.41) is 9.68. The third-order valence-electron chi connectivity index (χ3n) is 2.12. The number of hydrogen-bond acceptors (Lipinski definition) is 2. The van der Waals surface area contributed by atoms with E-state index < -0.39 is 5.60 Å². The van der Waals surface area contributed by atoms with Crippen molar-refractivity contribution in [2.75, 3.05) is 20.1 Å². The van der Waals surface area contributed by atoms with Gasteiger partial charge >= 0.3 is 0 Å². The monoisotopic (exact) mass is 143 g/mol. The van der Waals surface area contributed by atoms with Crippen LogP contribution in [0.2, 0.25) is 0 Å².